The average Bonchev–Trinajstić information content (AvgIpc) is 3.23. The van der Waals surface area contributed by atoms with E-state index in [1.807, 2.05) is 0 Å². The van der Waals surface area contributed by atoms with Gasteiger partial charge in [-0.3, -0.25) is 14.5 Å². The minimum Gasteiger partial charge on any atom is -0.454 e. The number of ether oxygens (including phenoxy) is 2. The molecule has 1 heterocycles. The molecule has 3 aromatic carbocycles. The predicted molar refractivity (Wildman–Crippen MR) is 118 cm³/mol. The average molecular weight is 435 g/mol. The Hall–Kier alpha value is -3.91. The number of likely N-dealkylation sites (N-methyl/N-ethyl adjacent to an activating group) is 1. The number of nitrogens with zero attached hydrogens (tertiary/aromatic N) is 1. The first-order valence-electron chi connectivity index (χ1n) is 10.0. The van der Waals surface area contributed by atoms with Gasteiger partial charge in [0.2, 0.25) is 12.7 Å². The van der Waals surface area contributed by atoms with Gasteiger partial charge >= 0.3 is 0 Å². The second-order valence-electron chi connectivity index (χ2n) is 7.38. The van der Waals surface area contributed by atoms with Gasteiger partial charge in [0.1, 0.15) is 5.82 Å². The molecule has 8 heteroatoms. The summed E-state index contributed by atoms with van der Waals surface area (Å²) in [6.07, 6.45) is 0. The molecule has 1 aliphatic heterocycles. The van der Waals surface area contributed by atoms with Gasteiger partial charge in [-0.05, 0) is 37.4 Å². The van der Waals surface area contributed by atoms with E-state index in [-0.39, 0.29) is 37.5 Å². The molecule has 3 aromatic rings. The molecule has 32 heavy (non-hydrogen) atoms. The summed E-state index contributed by atoms with van der Waals surface area (Å²) >= 11 is 0. The fraction of sp³-hybridized carbons (Fsp3) is 0.167. The van der Waals surface area contributed by atoms with Crippen molar-refractivity contribution in [2.24, 2.45) is 0 Å². The van der Waals surface area contributed by atoms with Crippen LogP contribution in [0.25, 0.3) is 0 Å². The lowest BCUT2D eigenvalue weighted by Crippen LogP contribution is -2.30. The van der Waals surface area contributed by atoms with Crippen molar-refractivity contribution in [3.05, 3.63) is 83.7 Å². The van der Waals surface area contributed by atoms with E-state index in [0.29, 0.717) is 34.0 Å². The molecule has 4 rings (SSSR count). The summed E-state index contributed by atoms with van der Waals surface area (Å²) in [6.45, 7) is 0.464. The molecular weight excluding hydrogens is 413 g/mol. The Morgan fingerprint density at radius 2 is 1.72 bits per heavy atom. The number of hydrogen-bond acceptors (Lipinski definition) is 5. The maximum Gasteiger partial charge on any atom is 0.257 e. The molecule has 0 fully saturated rings. The zero-order chi connectivity index (χ0) is 22.5. The molecule has 0 radical (unpaired) electrons. The standard InChI is InChI=1S/C24H22FN3O4/c1-28(13-16-6-2-4-8-19(16)25)14-23(29)27-20-9-5-3-7-18(20)24(30)26-17-10-11-21-22(12-17)32-15-31-21/h2-12H,13-15H2,1H3,(H,26,30)(H,27,29). The van der Waals surface area contributed by atoms with Gasteiger partial charge in [-0.2, -0.15) is 0 Å². The summed E-state index contributed by atoms with van der Waals surface area (Å²) in [5.41, 5.74) is 1.75. The summed E-state index contributed by atoms with van der Waals surface area (Å²) in [5, 5.41) is 5.57. The molecule has 0 aliphatic carbocycles. The topological polar surface area (TPSA) is 79.9 Å². The maximum absolute atomic E-state index is 13.8. The summed E-state index contributed by atoms with van der Waals surface area (Å²) in [7, 11) is 1.73. The molecule has 2 amide bonds. The zero-order valence-electron chi connectivity index (χ0n) is 17.4. The Morgan fingerprint density at radius 1 is 0.969 bits per heavy atom. The lowest BCUT2D eigenvalue weighted by atomic mass is 10.1. The van der Waals surface area contributed by atoms with Crippen LogP contribution in [0.5, 0.6) is 11.5 Å². The van der Waals surface area contributed by atoms with Gasteiger partial charge in [0, 0.05) is 23.9 Å². The Morgan fingerprint density at radius 3 is 2.56 bits per heavy atom. The number of para-hydroxylation sites is 1. The molecule has 0 saturated heterocycles. The van der Waals surface area contributed by atoms with Gasteiger partial charge in [0.05, 0.1) is 17.8 Å². The fourth-order valence-corrected chi connectivity index (χ4v) is 3.37. The van der Waals surface area contributed by atoms with E-state index in [1.165, 1.54) is 6.07 Å². The third-order valence-corrected chi connectivity index (χ3v) is 4.89. The monoisotopic (exact) mass is 435 g/mol. The SMILES string of the molecule is CN(CC(=O)Nc1ccccc1C(=O)Nc1ccc2c(c1)OCO2)Cc1ccccc1F. The first kappa shape index (κ1) is 21.3. The van der Waals surface area contributed by atoms with Crippen LogP contribution < -0.4 is 20.1 Å². The molecule has 7 nitrogen and oxygen atoms in total. The fourth-order valence-electron chi connectivity index (χ4n) is 3.37. The van der Waals surface area contributed by atoms with Crippen LogP contribution in [0.4, 0.5) is 15.8 Å². The van der Waals surface area contributed by atoms with Crippen molar-refractivity contribution in [1.29, 1.82) is 0 Å². The first-order valence-corrected chi connectivity index (χ1v) is 10.0. The normalized spacial score (nSPS) is 12.0. The number of carbonyl (C=O) groups is 2. The van der Waals surface area contributed by atoms with Gasteiger partial charge in [-0.25, -0.2) is 4.39 Å². The van der Waals surface area contributed by atoms with Crippen LogP contribution in [0.2, 0.25) is 0 Å². The number of carbonyl (C=O) groups excluding carboxylic acids is 2. The summed E-state index contributed by atoms with van der Waals surface area (Å²) in [6, 6.07) is 18.3. The second kappa shape index (κ2) is 9.49. The van der Waals surface area contributed by atoms with Crippen LogP contribution >= 0.6 is 0 Å². The molecule has 0 aromatic heterocycles. The number of benzene rings is 3. The van der Waals surface area contributed by atoms with E-state index < -0.39 is 0 Å². The second-order valence-corrected chi connectivity index (χ2v) is 7.38. The summed E-state index contributed by atoms with van der Waals surface area (Å²) < 4.78 is 24.4. The third-order valence-electron chi connectivity index (χ3n) is 4.89. The van der Waals surface area contributed by atoms with Crippen LogP contribution in [-0.4, -0.2) is 37.1 Å². The lowest BCUT2D eigenvalue weighted by Gasteiger charge is -2.17. The highest BCUT2D eigenvalue weighted by Crippen LogP contribution is 2.34. The highest BCUT2D eigenvalue weighted by molar-refractivity contribution is 6.10. The van der Waals surface area contributed by atoms with Gasteiger partial charge in [0.15, 0.2) is 11.5 Å². The molecule has 0 saturated carbocycles. The largest absolute Gasteiger partial charge is 0.454 e. The Balaban J connectivity index is 1.39. The molecular formula is C24H22FN3O4. The van der Waals surface area contributed by atoms with Gasteiger partial charge in [-0.1, -0.05) is 30.3 Å². The number of nitrogens with one attached hydrogen (secondary N) is 2. The first-order chi connectivity index (χ1) is 15.5. The van der Waals surface area contributed by atoms with Crippen LogP contribution in [0.1, 0.15) is 15.9 Å². The molecule has 1 aliphatic rings. The highest BCUT2D eigenvalue weighted by Gasteiger charge is 2.17. The van der Waals surface area contributed by atoms with Crippen molar-refractivity contribution in [1.82, 2.24) is 4.90 Å². The highest BCUT2D eigenvalue weighted by atomic mass is 19.1. The Labute approximate surface area is 184 Å². The maximum atomic E-state index is 13.8. The van der Waals surface area contributed by atoms with E-state index in [9.17, 15) is 14.0 Å². The molecule has 0 unspecified atom stereocenters. The minimum atomic E-state index is -0.375. The van der Waals surface area contributed by atoms with E-state index in [4.69, 9.17) is 9.47 Å². The van der Waals surface area contributed by atoms with Crippen molar-refractivity contribution in [2.75, 3.05) is 31.0 Å². The summed E-state index contributed by atoms with van der Waals surface area (Å²) in [4.78, 5) is 27.1. The lowest BCUT2D eigenvalue weighted by molar-refractivity contribution is -0.117. The minimum absolute atomic E-state index is 0.0342. The van der Waals surface area contributed by atoms with Crippen molar-refractivity contribution >= 4 is 23.2 Å². The zero-order valence-corrected chi connectivity index (χ0v) is 17.4. The molecule has 2 N–H and O–H groups in total. The third kappa shape index (κ3) is 5.04. The molecule has 0 bridgehead atoms. The Bertz CT molecular complexity index is 1150. The van der Waals surface area contributed by atoms with E-state index >= 15 is 0 Å². The summed E-state index contributed by atoms with van der Waals surface area (Å²) in [5.74, 6) is 0.175. The molecule has 164 valence electrons. The van der Waals surface area contributed by atoms with Crippen LogP contribution in [-0.2, 0) is 11.3 Å². The quantitative estimate of drug-likeness (QED) is 0.589. The van der Waals surface area contributed by atoms with Gasteiger partial charge in [0.25, 0.3) is 5.91 Å². The van der Waals surface area contributed by atoms with Crippen molar-refractivity contribution in [3.63, 3.8) is 0 Å². The number of rotatable bonds is 7. The number of hydrogen-bond donors (Lipinski definition) is 2. The van der Waals surface area contributed by atoms with Crippen molar-refractivity contribution in [3.8, 4) is 11.5 Å². The van der Waals surface area contributed by atoms with Crippen LogP contribution in [0.15, 0.2) is 66.7 Å². The molecule has 0 spiro atoms. The van der Waals surface area contributed by atoms with E-state index in [2.05, 4.69) is 10.6 Å². The van der Waals surface area contributed by atoms with E-state index in [1.54, 1.807) is 72.6 Å². The Kier molecular flexibility index (Phi) is 6.32. The van der Waals surface area contributed by atoms with Crippen molar-refractivity contribution in [2.45, 2.75) is 6.54 Å². The number of halogens is 1. The number of amides is 2. The van der Waals surface area contributed by atoms with Gasteiger partial charge < -0.3 is 20.1 Å². The van der Waals surface area contributed by atoms with Gasteiger partial charge in [-0.15, -0.1) is 0 Å². The number of anilines is 2. The van der Waals surface area contributed by atoms with Crippen LogP contribution in [0.3, 0.4) is 0 Å². The smallest absolute Gasteiger partial charge is 0.257 e. The van der Waals surface area contributed by atoms with E-state index in [0.717, 1.165) is 0 Å². The predicted octanol–water partition coefficient (Wildman–Crippen LogP) is 3.88. The molecule has 0 atom stereocenters. The number of fused-ring (bicyclic) bond motifs is 1. The van der Waals surface area contributed by atoms with Crippen molar-refractivity contribution < 1.29 is 23.5 Å². The van der Waals surface area contributed by atoms with Crippen LogP contribution in [0, 0.1) is 5.82 Å².